The molecule has 222 valence electrons. The van der Waals surface area contributed by atoms with Gasteiger partial charge in [-0.25, -0.2) is 19.6 Å². The zero-order chi connectivity index (χ0) is 30.4. The molecule has 1 saturated heterocycles. The summed E-state index contributed by atoms with van der Waals surface area (Å²) >= 11 is 0. The van der Waals surface area contributed by atoms with Crippen LogP contribution in [0.25, 0.3) is 11.0 Å². The first-order valence-corrected chi connectivity index (χ1v) is 13.9. The van der Waals surface area contributed by atoms with Gasteiger partial charge in [0.2, 0.25) is 5.91 Å². The SMILES string of the molecule is C[C@@H]1CCN(C(=O)CC#N)C[C@@H]1N(C)c1ncnc2c1ccn2COC(=O)C(NC(=O)OC(C)(C)C)c1ccccc1. The zero-order valence-electron chi connectivity index (χ0n) is 24.6. The van der Waals surface area contributed by atoms with Crippen molar-refractivity contribution >= 4 is 34.8 Å². The number of likely N-dealkylation sites (N-methyl/N-ethyl adjacent to an activating group) is 1. The molecule has 1 aliphatic heterocycles. The predicted octanol–water partition coefficient (Wildman–Crippen LogP) is 3.78. The summed E-state index contributed by atoms with van der Waals surface area (Å²) in [5.74, 6) is 0.156. The highest BCUT2D eigenvalue weighted by atomic mass is 16.6. The lowest BCUT2D eigenvalue weighted by Gasteiger charge is -2.42. The van der Waals surface area contributed by atoms with Crippen molar-refractivity contribution in [3.63, 3.8) is 0 Å². The largest absolute Gasteiger partial charge is 0.444 e. The molecule has 0 aliphatic carbocycles. The van der Waals surface area contributed by atoms with Gasteiger partial charge in [-0.3, -0.25) is 9.36 Å². The number of aromatic nitrogens is 3. The number of hydrogen-bond acceptors (Lipinski definition) is 9. The van der Waals surface area contributed by atoms with Crippen molar-refractivity contribution < 1.29 is 23.9 Å². The van der Waals surface area contributed by atoms with Gasteiger partial charge >= 0.3 is 12.1 Å². The summed E-state index contributed by atoms with van der Waals surface area (Å²) in [7, 11) is 1.94. The van der Waals surface area contributed by atoms with E-state index < -0.39 is 23.7 Å². The molecule has 4 rings (SSSR count). The number of benzene rings is 1. The summed E-state index contributed by atoms with van der Waals surface area (Å²) in [6.45, 7) is 8.35. The minimum Gasteiger partial charge on any atom is -0.444 e. The second kappa shape index (κ2) is 12.9. The molecule has 3 aromatic rings. The van der Waals surface area contributed by atoms with E-state index in [4.69, 9.17) is 14.7 Å². The molecule has 3 atom stereocenters. The van der Waals surface area contributed by atoms with E-state index in [0.29, 0.717) is 36.0 Å². The summed E-state index contributed by atoms with van der Waals surface area (Å²) in [6.07, 6.45) is 3.16. The topological polar surface area (TPSA) is 143 Å². The number of amides is 2. The fourth-order valence-electron chi connectivity index (χ4n) is 5.06. The van der Waals surface area contributed by atoms with Crippen molar-refractivity contribution in [1.29, 1.82) is 5.26 Å². The van der Waals surface area contributed by atoms with Crippen LogP contribution in [0.5, 0.6) is 0 Å². The molecule has 2 amide bonds. The lowest BCUT2D eigenvalue weighted by molar-refractivity contribution is -0.150. The van der Waals surface area contributed by atoms with Crippen LogP contribution in [-0.4, -0.2) is 69.2 Å². The smallest absolute Gasteiger partial charge is 0.408 e. The van der Waals surface area contributed by atoms with E-state index >= 15 is 0 Å². The summed E-state index contributed by atoms with van der Waals surface area (Å²) in [5, 5.41) is 12.3. The number of likely N-dealkylation sites (tertiary alicyclic amines) is 1. The Labute approximate surface area is 245 Å². The van der Waals surface area contributed by atoms with Crippen LogP contribution in [0.1, 0.15) is 52.1 Å². The first-order valence-electron chi connectivity index (χ1n) is 13.9. The van der Waals surface area contributed by atoms with Crippen LogP contribution >= 0.6 is 0 Å². The van der Waals surface area contributed by atoms with Crippen molar-refractivity contribution in [2.75, 3.05) is 25.0 Å². The third-order valence-corrected chi connectivity index (χ3v) is 7.24. The number of ether oxygens (including phenoxy) is 2. The van der Waals surface area contributed by atoms with Gasteiger partial charge in [-0.05, 0) is 44.7 Å². The van der Waals surface area contributed by atoms with Crippen molar-refractivity contribution in [3.8, 4) is 6.07 Å². The highest BCUT2D eigenvalue weighted by Crippen LogP contribution is 2.30. The van der Waals surface area contributed by atoms with Crippen molar-refractivity contribution in [2.45, 2.75) is 65.0 Å². The van der Waals surface area contributed by atoms with E-state index in [2.05, 4.69) is 22.2 Å². The zero-order valence-corrected chi connectivity index (χ0v) is 24.6. The molecule has 0 saturated carbocycles. The molecule has 1 aromatic carbocycles. The lowest BCUT2D eigenvalue weighted by Crippen LogP contribution is -2.52. The summed E-state index contributed by atoms with van der Waals surface area (Å²) in [6, 6.07) is 11.5. The maximum absolute atomic E-state index is 13.2. The van der Waals surface area contributed by atoms with Gasteiger partial charge in [0.25, 0.3) is 0 Å². The maximum Gasteiger partial charge on any atom is 0.408 e. The molecule has 1 N–H and O–H groups in total. The van der Waals surface area contributed by atoms with Gasteiger partial charge in [-0.2, -0.15) is 5.26 Å². The van der Waals surface area contributed by atoms with Gasteiger partial charge < -0.3 is 24.6 Å². The normalized spacial score (nSPS) is 17.7. The van der Waals surface area contributed by atoms with E-state index in [9.17, 15) is 14.4 Å². The van der Waals surface area contributed by atoms with Crippen LogP contribution in [0.15, 0.2) is 48.9 Å². The Kier molecular flexibility index (Phi) is 9.30. The number of carbonyl (C=O) groups is 3. The molecule has 0 spiro atoms. The number of hydrogen-bond donors (Lipinski definition) is 1. The summed E-state index contributed by atoms with van der Waals surface area (Å²) < 4.78 is 12.7. The molecule has 12 nitrogen and oxygen atoms in total. The number of nitriles is 1. The molecule has 12 heteroatoms. The summed E-state index contributed by atoms with van der Waals surface area (Å²) in [5.41, 5.74) is 0.390. The van der Waals surface area contributed by atoms with Gasteiger partial charge in [-0.15, -0.1) is 0 Å². The molecule has 3 heterocycles. The van der Waals surface area contributed by atoms with E-state index in [0.717, 1.165) is 11.8 Å². The Morgan fingerprint density at radius 2 is 1.93 bits per heavy atom. The number of piperidine rings is 1. The number of fused-ring (bicyclic) bond motifs is 1. The van der Waals surface area contributed by atoms with E-state index in [1.807, 2.05) is 30.1 Å². The molecule has 2 aromatic heterocycles. The standard InChI is InChI=1S/C30H37N7O5/c1-20-12-15-36(24(38)11-14-31)17-23(20)35(5)26-22-13-16-37(27(22)33-18-32-26)19-41-28(39)25(21-9-7-6-8-10-21)34-29(40)42-30(2,3)4/h6-10,13,16,18,20,23,25H,11-12,15,17,19H2,1-5H3,(H,34,40)/t20-,23+,25?/m1/s1. The molecule has 1 unspecified atom stereocenters. The molecule has 0 bridgehead atoms. The third-order valence-electron chi connectivity index (χ3n) is 7.24. The van der Waals surface area contributed by atoms with E-state index in [1.165, 1.54) is 6.33 Å². The lowest BCUT2D eigenvalue weighted by atomic mass is 9.92. The molecule has 1 fully saturated rings. The first-order chi connectivity index (χ1) is 20.0. The molecule has 1 aliphatic rings. The molecular weight excluding hydrogens is 538 g/mol. The number of nitrogens with one attached hydrogen (secondary N) is 1. The summed E-state index contributed by atoms with van der Waals surface area (Å²) in [4.78, 5) is 50.9. The highest BCUT2D eigenvalue weighted by Gasteiger charge is 2.33. The Morgan fingerprint density at radius 1 is 1.19 bits per heavy atom. The monoisotopic (exact) mass is 575 g/mol. The second-order valence-electron chi connectivity index (χ2n) is 11.4. The third kappa shape index (κ3) is 7.15. The average molecular weight is 576 g/mol. The van der Waals surface area contributed by atoms with Gasteiger partial charge in [-0.1, -0.05) is 37.3 Å². The second-order valence-corrected chi connectivity index (χ2v) is 11.4. The van der Waals surface area contributed by atoms with Crippen LogP contribution < -0.4 is 10.2 Å². The Morgan fingerprint density at radius 3 is 2.62 bits per heavy atom. The van der Waals surface area contributed by atoms with Crippen molar-refractivity contribution in [1.82, 2.24) is 24.8 Å². The quantitative estimate of drug-likeness (QED) is 0.397. The molecule has 0 radical (unpaired) electrons. The van der Waals surface area contributed by atoms with E-state index in [1.54, 1.807) is 60.7 Å². The van der Waals surface area contributed by atoms with Crippen LogP contribution in [0.2, 0.25) is 0 Å². The Bertz CT molecular complexity index is 1460. The predicted molar refractivity (Wildman–Crippen MR) is 155 cm³/mol. The van der Waals surface area contributed by atoms with Crippen LogP contribution in [-0.2, 0) is 25.8 Å². The minimum absolute atomic E-state index is 0.00812. The van der Waals surface area contributed by atoms with Gasteiger partial charge in [0.1, 0.15) is 29.8 Å². The number of esters is 1. The Hall–Kier alpha value is -4.66. The van der Waals surface area contributed by atoms with Gasteiger partial charge in [0.05, 0.1) is 17.5 Å². The maximum atomic E-state index is 13.2. The molecular formula is C30H37N7O5. The average Bonchev–Trinajstić information content (AvgIpc) is 3.37. The van der Waals surface area contributed by atoms with Crippen LogP contribution in [0, 0.1) is 17.2 Å². The minimum atomic E-state index is -1.07. The Balaban J connectivity index is 1.50. The van der Waals surface area contributed by atoms with Crippen LogP contribution in [0.4, 0.5) is 10.6 Å². The fourth-order valence-corrected chi connectivity index (χ4v) is 5.06. The number of carbonyl (C=O) groups excluding carboxylic acids is 3. The fraction of sp³-hybridized carbons (Fsp3) is 0.467. The van der Waals surface area contributed by atoms with Crippen LogP contribution in [0.3, 0.4) is 0 Å². The number of anilines is 1. The number of alkyl carbamates (subject to hydrolysis) is 1. The van der Waals surface area contributed by atoms with E-state index in [-0.39, 0.29) is 25.1 Å². The first kappa shape index (κ1) is 30.3. The van der Waals surface area contributed by atoms with Crippen molar-refractivity contribution in [3.05, 3.63) is 54.5 Å². The number of rotatable bonds is 8. The van der Waals surface area contributed by atoms with Gasteiger partial charge in [0.15, 0.2) is 12.8 Å². The van der Waals surface area contributed by atoms with Gasteiger partial charge in [0, 0.05) is 26.3 Å². The molecule has 42 heavy (non-hydrogen) atoms. The number of nitrogens with zero attached hydrogens (tertiary/aromatic N) is 6. The van der Waals surface area contributed by atoms with Crippen molar-refractivity contribution in [2.24, 2.45) is 5.92 Å². The highest BCUT2D eigenvalue weighted by molar-refractivity contribution is 5.88.